The number of phenols is 1. The number of carbonyl (C=O) groups excluding carboxylic acids is 2. The van der Waals surface area contributed by atoms with Crippen molar-refractivity contribution in [3.63, 3.8) is 0 Å². The maximum atomic E-state index is 13.4. The molecule has 192 valence electrons. The Balaban J connectivity index is 1.10. The van der Waals surface area contributed by atoms with Gasteiger partial charge in [0.15, 0.2) is 0 Å². The summed E-state index contributed by atoms with van der Waals surface area (Å²) in [6.45, 7) is 5.42. The molecule has 0 aromatic heterocycles. The molecule has 2 amide bonds. The molecule has 0 saturated carbocycles. The number of carbonyl (C=O) groups is 2. The fourth-order valence-electron chi connectivity index (χ4n) is 5.28. The number of amides is 2. The van der Waals surface area contributed by atoms with E-state index in [4.69, 9.17) is 0 Å². The summed E-state index contributed by atoms with van der Waals surface area (Å²) in [5.74, 6) is -0.474. The Morgan fingerprint density at radius 3 is 2.57 bits per heavy atom. The molecule has 2 aliphatic heterocycles. The maximum absolute atomic E-state index is 13.4. The van der Waals surface area contributed by atoms with E-state index in [9.17, 15) is 19.1 Å². The monoisotopic (exact) mass is 501 g/mol. The predicted octanol–water partition coefficient (Wildman–Crippen LogP) is 4.55. The number of piperidine rings is 1. The highest BCUT2D eigenvalue weighted by Crippen LogP contribution is 2.24. The van der Waals surface area contributed by atoms with E-state index in [1.165, 1.54) is 11.6 Å². The summed E-state index contributed by atoms with van der Waals surface area (Å²) >= 11 is 0. The van der Waals surface area contributed by atoms with Crippen molar-refractivity contribution in [2.75, 3.05) is 26.2 Å². The van der Waals surface area contributed by atoms with E-state index < -0.39 is 0 Å². The van der Waals surface area contributed by atoms with Crippen LogP contribution in [0.5, 0.6) is 5.75 Å². The van der Waals surface area contributed by atoms with Crippen molar-refractivity contribution in [1.29, 1.82) is 0 Å². The van der Waals surface area contributed by atoms with Gasteiger partial charge in [-0.1, -0.05) is 29.8 Å². The van der Waals surface area contributed by atoms with Crippen LogP contribution in [-0.4, -0.2) is 58.9 Å². The largest absolute Gasteiger partial charge is 0.507 e. The first kappa shape index (κ1) is 25.0. The molecule has 0 unspecified atom stereocenters. The second kappa shape index (κ2) is 10.7. The van der Waals surface area contributed by atoms with Gasteiger partial charge in [0.05, 0.1) is 5.56 Å². The normalized spacial score (nSPS) is 18.3. The Labute approximate surface area is 216 Å². The van der Waals surface area contributed by atoms with Gasteiger partial charge in [0, 0.05) is 44.8 Å². The number of hydrogen-bond acceptors (Lipinski definition) is 4. The van der Waals surface area contributed by atoms with Crippen molar-refractivity contribution in [2.45, 2.75) is 38.8 Å². The van der Waals surface area contributed by atoms with Gasteiger partial charge >= 0.3 is 0 Å². The minimum atomic E-state index is -0.227. The van der Waals surface area contributed by atoms with Crippen LogP contribution in [-0.2, 0) is 11.3 Å². The van der Waals surface area contributed by atoms with Crippen LogP contribution >= 0.6 is 0 Å². The molecule has 5 rings (SSSR count). The number of aromatic hydroxyl groups is 1. The van der Waals surface area contributed by atoms with Crippen molar-refractivity contribution in [3.8, 4) is 5.75 Å². The van der Waals surface area contributed by atoms with Gasteiger partial charge in [-0.15, -0.1) is 0 Å². The quantitative estimate of drug-likeness (QED) is 0.504. The first-order chi connectivity index (χ1) is 17.8. The molecule has 2 saturated heterocycles. The molecule has 6 nitrogen and oxygen atoms in total. The predicted molar refractivity (Wildman–Crippen MR) is 142 cm³/mol. The molecular weight excluding hydrogens is 469 g/mol. The molecule has 0 radical (unpaired) electrons. The third-order valence-corrected chi connectivity index (χ3v) is 7.30. The number of aryl methyl sites for hydroxylation is 1. The van der Waals surface area contributed by atoms with E-state index >= 15 is 0 Å². The van der Waals surface area contributed by atoms with Crippen molar-refractivity contribution in [2.24, 2.45) is 0 Å². The lowest BCUT2D eigenvalue weighted by atomic mass is 10.0. The fraction of sp³-hybridized carbons (Fsp3) is 0.333. The lowest BCUT2D eigenvalue weighted by Gasteiger charge is -2.28. The minimum Gasteiger partial charge on any atom is -0.507 e. The van der Waals surface area contributed by atoms with Gasteiger partial charge in [-0.3, -0.25) is 14.5 Å². The number of halogens is 1. The molecule has 1 atom stereocenters. The van der Waals surface area contributed by atoms with Crippen LogP contribution in [0.2, 0.25) is 0 Å². The number of benzene rings is 3. The SMILES string of the molecule is Cc1ccc(C(=O)N2CCC(=CC(=O)N[C@@H]3CCN(Cc4ccc5cc(F)ccc5c4)C3)CC2)c(O)c1. The van der Waals surface area contributed by atoms with Crippen molar-refractivity contribution in [3.05, 3.63) is 88.8 Å². The minimum absolute atomic E-state index is 0.00679. The number of nitrogens with one attached hydrogen (secondary N) is 1. The molecule has 0 spiro atoms. The Bertz CT molecular complexity index is 1360. The number of rotatable bonds is 5. The first-order valence-corrected chi connectivity index (χ1v) is 12.8. The van der Waals surface area contributed by atoms with Gasteiger partial charge in [0.25, 0.3) is 5.91 Å². The third-order valence-electron chi connectivity index (χ3n) is 7.30. The standard InChI is InChI=1S/C30H32FN3O3/c1-20-2-7-27(28(35)14-20)30(37)34-12-8-21(9-13-34)16-29(36)32-26-10-11-33(19-26)18-22-3-4-24-17-25(31)6-5-23(24)15-22/h2-7,14-17,26,35H,8-13,18-19H2,1H3,(H,32,36)/t26-/m1/s1. The molecule has 2 heterocycles. The Morgan fingerprint density at radius 1 is 1.03 bits per heavy atom. The summed E-state index contributed by atoms with van der Waals surface area (Å²) in [4.78, 5) is 29.5. The summed E-state index contributed by atoms with van der Waals surface area (Å²) in [5, 5.41) is 15.2. The van der Waals surface area contributed by atoms with Crippen molar-refractivity contribution in [1.82, 2.24) is 15.1 Å². The second-order valence-electron chi connectivity index (χ2n) is 10.2. The highest BCUT2D eigenvalue weighted by Gasteiger charge is 2.25. The van der Waals surface area contributed by atoms with Crippen LogP contribution in [0.4, 0.5) is 4.39 Å². The molecule has 2 aliphatic rings. The molecule has 3 aromatic rings. The molecule has 3 aromatic carbocycles. The lowest BCUT2D eigenvalue weighted by Crippen LogP contribution is -2.38. The van der Waals surface area contributed by atoms with Crippen molar-refractivity contribution < 1.29 is 19.1 Å². The zero-order chi connectivity index (χ0) is 25.9. The number of hydrogen-bond donors (Lipinski definition) is 2. The van der Waals surface area contributed by atoms with Crippen LogP contribution in [0.1, 0.15) is 40.7 Å². The van der Waals surface area contributed by atoms with Gasteiger partial charge in [0.1, 0.15) is 11.6 Å². The first-order valence-electron chi connectivity index (χ1n) is 12.8. The summed E-state index contributed by atoms with van der Waals surface area (Å²) < 4.78 is 13.4. The van der Waals surface area contributed by atoms with E-state index in [2.05, 4.69) is 16.3 Å². The van der Waals surface area contributed by atoms with E-state index in [-0.39, 0.29) is 29.4 Å². The van der Waals surface area contributed by atoms with Gasteiger partial charge < -0.3 is 15.3 Å². The highest BCUT2D eigenvalue weighted by atomic mass is 19.1. The highest BCUT2D eigenvalue weighted by molar-refractivity contribution is 5.97. The molecule has 2 N–H and O–H groups in total. The summed E-state index contributed by atoms with van der Waals surface area (Å²) in [5.41, 5.74) is 3.44. The topological polar surface area (TPSA) is 72.9 Å². The Kier molecular flexibility index (Phi) is 7.24. The zero-order valence-electron chi connectivity index (χ0n) is 21.0. The van der Waals surface area contributed by atoms with Gasteiger partial charge in [-0.2, -0.15) is 0 Å². The fourth-order valence-corrected chi connectivity index (χ4v) is 5.28. The summed E-state index contributed by atoms with van der Waals surface area (Å²) in [6.07, 6.45) is 3.88. The number of nitrogens with zero attached hydrogens (tertiary/aromatic N) is 2. The number of likely N-dealkylation sites (tertiary alicyclic amines) is 2. The maximum Gasteiger partial charge on any atom is 0.257 e. The Hall–Kier alpha value is -3.71. The molecule has 37 heavy (non-hydrogen) atoms. The van der Waals surface area contributed by atoms with E-state index in [1.807, 2.05) is 25.1 Å². The van der Waals surface area contributed by atoms with E-state index in [0.29, 0.717) is 31.5 Å². The lowest BCUT2D eigenvalue weighted by molar-refractivity contribution is -0.117. The molecule has 0 aliphatic carbocycles. The van der Waals surface area contributed by atoms with Crippen LogP contribution < -0.4 is 5.32 Å². The average molecular weight is 502 g/mol. The smallest absolute Gasteiger partial charge is 0.257 e. The molecular formula is C30H32FN3O3. The number of phenolic OH excluding ortho intramolecular Hbond substituents is 1. The van der Waals surface area contributed by atoms with E-state index in [1.54, 1.807) is 35.2 Å². The molecule has 7 heteroatoms. The summed E-state index contributed by atoms with van der Waals surface area (Å²) in [7, 11) is 0. The van der Waals surface area contributed by atoms with Crippen LogP contribution in [0, 0.1) is 12.7 Å². The van der Waals surface area contributed by atoms with Crippen LogP contribution in [0.15, 0.2) is 66.2 Å². The average Bonchev–Trinajstić information content (AvgIpc) is 3.30. The van der Waals surface area contributed by atoms with Crippen LogP contribution in [0.3, 0.4) is 0 Å². The summed E-state index contributed by atoms with van der Waals surface area (Å²) in [6, 6.07) is 16.1. The Morgan fingerprint density at radius 2 is 1.78 bits per heavy atom. The number of fused-ring (bicyclic) bond motifs is 1. The second-order valence-corrected chi connectivity index (χ2v) is 10.2. The van der Waals surface area contributed by atoms with Gasteiger partial charge in [-0.05, 0) is 78.4 Å². The van der Waals surface area contributed by atoms with Gasteiger partial charge in [-0.25, -0.2) is 4.39 Å². The van der Waals surface area contributed by atoms with Crippen molar-refractivity contribution >= 4 is 22.6 Å². The zero-order valence-corrected chi connectivity index (χ0v) is 21.0. The molecule has 2 fully saturated rings. The van der Waals surface area contributed by atoms with Gasteiger partial charge in [0.2, 0.25) is 5.91 Å². The molecule has 0 bridgehead atoms. The van der Waals surface area contributed by atoms with E-state index in [0.717, 1.165) is 48.0 Å². The third kappa shape index (κ3) is 6.00. The van der Waals surface area contributed by atoms with Crippen LogP contribution in [0.25, 0.3) is 10.8 Å².